The summed E-state index contributed by atoms with van der Waals surface area (Å²) in [6, 6.07) is 7.60. The number of nitrogens with one attached hydrogen (secondary N) is 2. The monoisotopic (exact) mass is 245 g/mol. The van der Waals surface area contributed by atoms with Crippen LogP contribution in [0.15, 0.2) is 18.2 Å². The average molecular weight is 245 g/mol. The average Bonchev–Trinajstić information content (AvgIpc) is 2.46. The van der Waals surface area contributed by atoms with Crippen molar-refractivity contribution in [1.29, 1.82) is 5.26 Å². The first-order valence-electron chi connectivity index (χ1n) is 6.36. The lowest BCUT2D eigenvalue weighted by Gasteiger charge is -2.23. The summed E-state index contributed by atoms with van der Waals surface area (Å²) in [7, 11) is 1.63. The largest absolute Gasteiger partial charge is 0.495 e. The maximum atomic E-state index is 8.85. The molecule has 0 bridgehead atoms. The van der Waals surface area contributed by atoms with Crippen LogP contribution < -0.4 is 15.4 Å². The van der Waals surface area contributed by atoms with Gasteiger partial charge in [0.1, 0.15) is 5.75 Å². The Labute approximate surface area is 108 Å². The fourth-order valence-electron chi connectivity index (χ4n) is 2.26. The Morgan fingerprint density at radius 3 is 3.11 bits per heavy atom. The Morgan fingerprint density at radius 2 is 2.44 bits per heavy atom. The minimum absolute atomic E-state index is 0.622. The number of methoxy groups -OCH3 is 1. The molecular weight excluding hydrogens is 226 g/mol. The van der Waals surface area contributed by atoms with Crippen LogP contribution in [-0.4, -0.2) is 26.7 Å². The highest BCUT2D eigenvalue weighted by atomic mass is 16.5. The van der Waals surface area contributed by atoms with Gasteiger partial charge in [-0.05, 0) is 44.0 Å². The Kier molecular flexibility index (Phi) is 4.43. The Morgan fingerprint density at radius 1 is 1.56 bits per heavy atom. The van der Waals surface area contributed by atoms with Gasteiger partial charge in [0.05, 0.1) is 24.4 Å². The van der Waals surface area contributed by atoms with Crippen molar-refractivity contribution < 1.29 is 4.74 Å². The highest BCUT2D eigenvalue weighted by Gasteiger charge is 2.13. The van der Waals surface area contributed by atoms with Crippen LogP contribution in [0, 0.1) is 17.2 Å². The lowest BCUT2D eigenvalue weighted by atomic mass is 9.99. The van der Waals surface area contributed by atoms with Gasteiger partial charge in [-0.3, -0.25) is 0 Å². The van der Waals surface area contributed by atoms with Crippen molar-refractivity contribution in [3.63, 3.8) is 0 Å². The molecule has 1 aliphatic heterocycles. The van der Waals surface area contributed by atoms with E-state index in [0.29, 0.717) is 11.5 Å². The van der Waals surface area contributed by atoms with E-state index in [0.717, 1.165) is 31.1 Å². The summed E-state index contributed by atoms with van der Waals surface area (Å²) < 4.78 is 5.30. The highest BCUT2D eigenvalue weighted by molar-refractivity contribution is 5.59. The predicted molar refractivity (Wildman–Crippen MR) is 71.8 cm³/mol. The van der Waals surface area contributed by atoms with Crippen molar-refractivity contribution in [1.82, 2.24) is 5.32 Å². The number of nitrogens with zero attached hydrogens (tertiary/aromatic N) is 1. The molecule has 1 aromatic rings. The molecule has 0 radical (unpaired) electrons. The minimum atomic E-state index is 0.622. The maximum Gasteiger partial charge on any atom is 0.143 e. The summed E-state index contributed by atoms with van der Waals surface area (Å²) in [6.07, 6.45) is 2.51. The third kappa shape index (κ3) is 3.14. The smallest absolute Gasteiger partial charge is 0.143 e. The molecule has 4 nitrogen and oxygen atoms in total. The molecule has 1 saturated heterocycles. The van der Waals surface area contributed by atoms with Crippen LogP contribution in [0.1, 0.15) is 18.4 Å². The summed E-state index contributed by atoms with van der Waals surface area (Å²) in [6.45, 7) is 3.15. The first kappa shape index (κ1) is 12.7. The van der Waals surface area contributed by atoms with Crippen LogP contribution in [0.3, 0.4) is 0 Å². The van der Waals surface area contributed by atoms with E-state index in [1.54, 1.807) is 13.2 Å². The zero-order chi connectivity index (χ0) is 12.8. The Hall–Kier alpha value is -1.73. The summed E-state index contributed by atoms with van der Waals surface area (Å²) >= 11 is 0. The normalized spacial score (nSPS) is 19.0. The molecule has 0 aliphatic carbocycles. The molecule has 1 heterocycles. The van der Waals surface area contributed by atoms with Crippen LogP contribution in [0.2, 0.25) is 0 Å². The number of anilines is 1. The molecule has 2 rings (SSSR count). The van der Waals surface area contributed by atoms with Gasteiger partial charge in [-0.25, -0.2) is 0 Å². The minimum Gasteiger partial charge on any atom is -0.495 e. The van der Waals surface area contributed by atoms with Gasteiger partial charge in [0.2, 0.25) is 0 Å². The number of nitriles is 1. The first-order chi connectivity index (χ1) is 8.83. The second kappa shape index (κ2) is 6.27. The molecule has 0 saturated carbocycles. The lowest BCUT2D eigenvalue weighted by molar-refractivity contribution is 0.390. The van der Waals surface area contributed by atoms with E-state index in [1.807, 2.05) is 12.1 Å². The van der Waals surface area contributed by atoms with Crippen molar-refractivity contribution in [2.45, 2.75) is 12.8 Å². The van der Waals surface area contributed by atoms with E-state index in [-0.39, 0.29) is 0 Å². The highest BCUT2D eigenvalue weighted by Crippen LogP contribution is 2.25. The predicted octanol–water partition coefficient (Wildman–Crippen LogP) is 1.98. The number of ether oxygens (including phenoxy) is 1. The third-order valence-electron chi connectivity index (χ3n) is 3.31. The van der Waals surface area contributed by atoms with Crippen LogP contribution in [0.4, 0.5) is 5.69 Å². The molecule has 18 heavy (non-hydrogen) atoms. The second-order valence-electron chi connectivity index (χ2n) is 4.62. The van der Waals surface area contributed by atoms with E-state index in [4.69, 9.17) is 10.00 Å². The number of hydrogen-bond acceptors (Lipinski definition) is 4. The van der Waals surface area contributed by atoms with Crippen LogP contribution in [-0.2, 0) is 0 Å². The van der Waals surface area contributed by atoms with Gasteiger partial charge >= 0.3 is 0 Å². The molecule has 1 fully saturated rings. The Bertz CT molecular complexity index is 433. The SMILES string of the molecule is COc1cc(C#N)ccc1NCC1CCCNC1. The topological polar surface area (TPSA) is 57.1 Å². The zero-order valence-corrected chi connectivity index (χ0v) is 10.7. The van der Waals surface area contributed by atoms with Crippen LogP contribution in [0.25, 0.3) is 0 Å². The molecule has 1 unspecified atom stereocenters. The van der Waals surface area contributed by atoms with Crippen molar-refractivity contribution in [3.8, 4) is 11.8 Å². The molecule has 0 aromatic heterocycles. The van der Waals surface area contributed by atoms with Gasteiger partial charge in [-0.1, -0.05) is 0 Å². The van der Waals surface area contributed by atoms with Crippen molar-refractivity contribution >= 4 is 5.69 Å². The quantitative estimate of drug-likeness (QED) is 0.851. The van der Waals surface area contributed by atoms with Gasteiger partial charge < -0.3 is 15.4 Å². The molecule has 1 aliphatic rings. The van der Waals surface area contributed by atoms with E-state index in [2.05, 4.69) is 16.7 Å². The van der Waals surface area contributed by atoms with Gasteiger partial charge in [-0.15, -0.1) is 0 Å². The molecule has 0 spiro atoms. The molecule has 2 N–H and O–H groups in total. The Balaban J connectivity index is 1.98. The van der Waals surface area contributed by atoms with Crippen LogP contribution >= 0.6 is 0 Å². The number of hydrogen-bond donors (Lipinski definition) is 2. The molecule has 1 atom stereocenters. The van der Waals surface area contributed by atoms with Crippen molar-refractivity contribution in [2.75, 3.05) is 32.1 Å². The maximum absolute atomic E-state index is 8.85. The fraction of sp³-hybridized carbons (Fsp3) is 0.500. The summed E-state index contributed by atoms with van der Waals surface area (Å²) in [5.41, 5.74) is 1.58. The van der Waals surface area contributed by atoms with E-state index >= 15 is 0 Å². The fourth-order valence-corrected chi connectivity index (χ4v) is 2.26. The zero-order valence-electron chi connectivity index (χ0n) is 10.7. The van der Waals surface area contributed by atoms with E-state index in [1.165, 1.54) is 12.8 Å². The van der Waals surface area contributed by atoms with E-state index in [9.17, 15) is 0 Å². The summed E-state index contributed by atoms with van der Waals surface area (Å²) in [5, 5.41) is 15.7. The number of rotatable bonds is 4. The standard InChI is InChI=1S/C14H19N3O/c1-18-14-7-11(8-15)4-5-13(14)17-10-12-3-2-6-16-9-12/h4-5,7,12,16-17H,2-3,6,9-10H2,1H3. The number of piperidine rings is 1. The van der Waals surface area contributed by atoms with Crippen molar-refractivity contribution in [2.24, 2.45) is 5.92 Å². The molecule has 96 valence electrons. The first-order valence-corrected chi connectivity index (χ1v) is 6.36. The van der Waals surface area contributed by atoms with Crippen LogP contribution in [0.5, 0.6) is 5.75 Å². The summed E-state index contributed by atoms with van der Waals surface area (Å²) in [5.74, 6) is 1.40. The second-order valence-corrected chi connectivity index (χ2v) is 4.62. The molecule has 1 aromatic carbocycles. The third-order valence-corrected chi connectivity index (χ3v) is 3.31. The summed E-state index contributed by atoms with van der Waals surface area (Å²) in [4.78, 5) is 0. The van der Waals surface area contributed by atoms with Crippen molar-refractivity contribution in [3.05, 3.63) is 23.8 Å². The lowest BCUT2D eigenvalue weighted by Crippen LogP contribution is -2.33. The van der Waals surface area contributed by atoms with Gasteiger partial charge in [0.25, 0.3) is 0 Å². The molecular formula is C14H19N3O. The van der Waals surface area contributed by atoms with Gasteiger partial charge in [0, 0.05) is 12.6 Å². The van der Waals surface area contributed by atoms with E-state index < -0.39 is 0 Å². The van der Waals surface area contributed by atoms with Gasteiger partial charge in [0.15, 0.2) is 0 Å². The number of benzene rings is 1. The van der Waals surface area contributed by atoms with Gasteiger partial charge in [-0.2, -0.15) is 5.26 Å². The molecule has 4 heteroatoms. The molecule has 0 amide bonds.